The number of hydrogen-bond donors (Lipinski definition) is 1. The van der Waals surface area contributed by atoms with Crippen molar-refractivity contribution >= 4 is 10.0 Å². The van der Waals surface area contributed by atoms with Crippen LogP contribution in [0.3, 0.4) is 0 Å². The fourth-order valence-corrected chi connectivity index (χ4v) is 4.60. The molecule has 124 valence electrons. The van der Waals surface area contributed by atoms with Gasteiger partial charge < -0.3 is 9.88 Å². The monoisotopic (exact) mass is 334 g/mol. The summed E-state index contributed by atoms with van der Waals surface area (Å²) in [7, 11) is -1.44. The average Bonchev–Trinajstić information content (AvgIpc) is 3.00. The molecule has 3 rings (SSSR count). The van der Waals surface area contributed by atoms with Crippen LogP contribution in [0.5, 0.6) is 0 Å². The number of imidazole rings is 1. The third-order valence-electron chi connectivity index (χ3n) is 4.20. The molecule has 1 N–H and O–H groups in total. The van der Waals surface area contributed by atoms with Gasteiger partial charge in [-0.2, -0.15) is 4.31 Å². The van der Waals surface area contributed by atoms with Crippen LogP contribution in [0.4, 0.5) is 0 Å². The zero-order valence-corrected chi connectivity index (χ0v) is 14.0. The number of nitrogens with zero attached hydrogens (tertiary/aromatic N) is 3. The molecule has 0 bridgehead atoms. The van der Waals surface area contributed by atoms with Crippen molar-refractivity contribution in [2.45, 2.75) is 12.5 Å². The summed E-state index contributed by atoms with van der Waals surface area (Å²) in [5.41, 5.74) is 1.04. The van der Waals surface area contributed by atoms with Gasteiger partial charge in [0.2, 0.25) is 10.0 Å². The highest BCUT2D eigenvalue weighted by atomic mass is 32.2. The minimum absolute atomic E-state index is 0.123. The molecule has 1 unspecified atom stereocenters. The van der Waals surface area contributed by atoms with Gasteiger partial charge in [-0.3, -0.25) is 0 Å². The van der Waals surface area contributed by atoms with E-state index >= 15 is 0 Å². The summed E-state index contributed by atoms with van der Waals surface area (Å²) in [5.74, 6) is 0.901. The Bertz CT molecular complexity index is 742. The molecule has 0 aliphatic carbocycles. The zero-order valence-electron chi connectivity index (χ0n) is 13.2. The van der Waals surface area contributed by atoms with Gasteiger partial charge >= 0.3 is 0 Å². The SMILES string of the molecule is Cn1ccnc1C1CNCCN1S(=O)(=O)CCc1ccccc1. The summed E-state index contributed by atoms with van der Waals surface area (Å²) in [6.45, 7) is 1.75. The molecule has 1 saturated heterocycles. The van der Waals surface area contributed by atoms with Crippen molar-refractivity contribution in [2.24, 2.45) is 7.05 Å². The summed E-state index contributed by atoms with van der Waals surface area (Å²) < 4.78 is 29.2. The normalized spacial score (nSPS) is 19.8. The first-order valence-corrected chi connectivity index (χ1v) is 9.40. The van der Waals surface area contributed by atoms with Crippen molar-refractivity contribution in [3.63, 3.8) is 0 Å². The summed E-state index contributed by atoms with van der Waals surface area (Å²) in [6.07, 6.45) is 4.08. The van der Waals surface area contributed by atoms with E-state index in [2.05, 4.69) is 10.3 Å². The molecule has 1 fully saturated rings. The van der Waals surface area contributed by atoms with E-state index in [1.54, 1.807) is 10.5 Å². The van der Waals surface area contributed by atoms with E-state index in [9.17, 15) is 8.42 Å². The Kier molecular flexibility index (Phi) is 4.79. The first-order valence-electron chi connectivity index (χ1n) is 7.79. The first-order chi connectivity index (χ1) is 11.1. The summed E-state index contributed by atoms with van der Waals surface area (Å²) >= 11 is 0. The molecular formula is C16H22N4O2S. The largest absolute Gasteiger partial charge is 0.337 e. The van der Waals surface area contributed by atoms with Crippen molar-refractivity contribution in [3.05, 3.63) is 54.1 Å². The quantitative estimate of drug-likeness (QED) is 0.884. The standard InChI is InChI=1S/C16H22N4O2S/c1-19-10-9-18-16(19)15-13-17-8-11-20(15)23(21,22)12-7-14-5-3-2-4-6-14/h2-6,9-10,15,17H,7-8,11-13H2,1H3. The lowest BCUT2D eigenvalue weighted by Crippen LogP contribution is -2.50. The van der Waals surface area contributed by atoms with Crippen LogP contribution < -0.4 is 5.32 Å². The molecule has 23 heavy (non-hydrogen) atoms. The van der Waals surface area contributed by atoms with Crippen molar-refractivity contribution in [1.82, 2.24) is 19.2 Å². The van der Waals surface area contributed by atoms with Gasteiger partial charge in [-0.1, -0.05) is 30.3 Å². The van der Waals surface area contributed by atoms with E-state index in [0.717, 1.165) is 11.4 Å². The molecule has 0 saturated carbocycles. The van der Waals surface area contributed by atoms with Crippen LogP contribution in [-0.4, -0.2) is 47.7 Å². The van der Waals surface area contributed by atoms with Gasteiger partial charge in [0.1, 0.15) is 5.82 Å². The second-order valence-electron chi connectivity index (χ2n) is 5.78. The fourth-order valence-electron chi connectivity index (χ4n) is 2.95. The van der Waals surface area contributed by atoms with Crippen LogP contribution in [0.25, 0.3) is 0 Å². The number of hydrogen-bond acceptors (Lipinski definition) is 4. The van der Waals surface area contributed by atoms with E-state index in [-0.39, 0.29) is 11.8 Å². The highest BCUT2D eigenvalue weighted by molar-refractivity contribution is 7.89. The van der Waals surface area contributed by atoms with Gasteiger partial charge in [0, 0.05) is 39.1 Å². The maximum atomic E-state index is 12.8. The number of rotatable bonds is 5. The van der Waals surface area contributed by atoms with Gasteiger partial charge in [0.15, 0.2) is 0 Å². The fraction of sp³-hybridized carbons (Fsp3) is 0.438. The molecule has 1 aromatic carbocycles. The number of aryl methyl sites for hydroxylation is 2. The highest BCUT2D eigenvalue weighted by Gasteiger charge is 2.34. The Morgan fingerprint density at radius 1 is 1.30 bits per heavy atom. The molecule has 0 amide bonds. The Labute approximate surface area is 137 Å². The molecular weight excluding hydrogens is 312 g/mol. The van der Waals surface area contributed by atoms with E-state index < -0.39 is 10.0 Å². The summed E-state index contributed by atoms with van der Waals surface area (Å²) in [4.78, 5) is 4.34. The molecule has 7 heteroatoms. The lowest BCUT2D eigenvalue weighted by Gasteiger charge is -2.34. The van der Waals surface area contributed by atoms with E-state index in [4.69, 9.17) is 0 Å². The first kappa shape index (κ1) is 16.2. The molecule has 1 atom stereocenters. The number of nitrogens with one attached hydrogen (secondary N) is 1. The zero-order chi connectivity index (χ0) is 16.3. The Balaban J connectivity index is 1.78. The van der Waals surface area contributed by atoms with Crippen LogP contribution in [0.2, 0.25) is 0 Å². The van der Waals surface area contributed by atoms with Gasteiger partial charge in [-0.15, -0.1) is 0 Å². The molecule has 1 aliphatic rings. The molecule has 1 aliphatic heterocycles. The molecule has 1 aromatic heterocycles. The Hall–Kier alpha value is -1.70. The Morgan fingerprint density at radius 3 is 2.78 bits per heavy atom. The third-order valence-corrected chi connectivity index (χ3v) is 6.07. The average molecular weight is 334 g/mol. The minimum atomic E-state index is -3.33. The molecule has 0 radical (unpaired) electrons. The number of benzene rings is 1. The van der Waals surface area contributed by atoms with Gasteiger partial charge in [-0.05, 0) is 12.0 Å². The van der Waals surface area contributed by atoms with E-state index in [1.807, 2.05) is 48.1 Å². The van der Waals surface area contributed by atoms with Crippen LogP contribution in [0.15, 0.2) is 42.7 Å². The van der Waals surface area contributed by atoms with E-state index in [0.29, 0.717) is 26.1 Å². The van der Waals surface area contributed by atoms with Crippen molar-refractivity contribution in [2.75, 3.05) is 25.4 Å². The van der Waals surface area contributed by atoms with Gasteiger partial charge in [0.25, 0.3) is 0 Å². The predicted molar refractivity (Wildman–Crippen MR) is 89.5 cm³/mol. The van der Waals surface area contributed by atoms with Crippen LogP contribution in [-0.2, 0) is 23.5 Å². The number of aromatic nitrogens is 2. The van der Waals surface area contributed by atoms with Gasteiger partial charge in [0.05, 0.1) is 11.8 Å². The second kappa shape index (κ2) is 6.82. The lowest BCUT2D eigenvalue weighted by molar-refractivity contribution is 0.258. The number of piperazine rings is 1. The van der Waals surface area contributed by atoms with Crippen molar-refractivity contribution < 1.29 is 8.42 Å². The molecule has 0 spiro atoms. The van der Waals surface area contributed by atoms with Crippen LogP contribution >= 0.6 is 0 Å². The smallest absolute Gasteiger partial charge is 0.215 e. The second-order valence-corrected chi connectivity index (χ2v) is 7.82. The third kappa shape index (κ3) is 3.63. The molecule has 2 aromatic rings. The summed E-state index contributed by atoms with van der Waals surface area (Å²) in [6, 6.07) is 9.48. The molecule has 6 nitrogen and oxygen atoms in total. The summed E-state index contributed by atoms with van der Waals surface area (Å²) in [5, 5.41) is 3.27. The van der Waals surface area contributed by atoms with Crippen molar-refractivity contribution in [3.8, 4) is 0 Å². The predicted octanol–water partition coefficient (Wildman–Crippen LogP) is 0.939. The lowest BCUT2D eigenvalue weighted by atomic mass is 10.2. The minimum Gasteiger partial charge on any atom is -0.337 e. The topological polar surface area (TPSA) is 67.2 Å². The highest BCUT2D eigenvalue weighted by Crippen LogP contribution is 2.24. The molecule has 2 heterocycles. The van der Waals surface area contributed by atoms with Crippen molar-refractivity contribution in [1.29, 1.82) is 0 Å². The van der Waals surface area contributed by atoms with Crippen LogP contribution in [0.1, 0.15) is 17.4 Å². The Morgan fingerprint density at radius 2 is 2.09 bits per heavy atom. The maximum Gasteiger partial charge on any atom is 0.215 e. The van der Waals surface area contributed by atoms with Crippen LogP contribution in [0, 0.1) is 0 Å². The van der Waals surface area contributed by atoms with Gasteiger partial charge in [-0.25, -0.2) is 13.4 Å². The number of sulfonamides is 1. The maximum absolute atomic E-state index is 12.8. The van der Waals surface area contributed by atoms with E-state index in [1.165, 1.54) is 0 Å².